The quantitative estimate of drug-likeness (QED) is 0.624. The van der Waals surface area contributed by atoms with Gasteiger partial charge < -0.3 is 19.5 Å². The first kappa shape index (κ1) is 16.0. The van der Waals surface area contributed by atoms with Crippen LogP contribution in [0.3, 0.4) is 0 Å². The smallest absolute Gasteiger partial charge is 0.202 e. The van der Waals surface area contributed by atoms with Crippen LogP contribution in [0.5, 0.6) is 0 Å². The molecular formula is C14H28N4O. The summed E-state index contributed by atoms with van der Waals surface area (Å²) in [6.45, 7) is 13.2. The average Bonchev–Trinajstić information content (AvgIpc) is 2.87. The SMILES string of the molecule is CCOCCCn1ccnc1NCCN(CC)CC. The molecule has 0 saturated heterocycles. The molecule has 0 aliphatic rings. The van der Waals surface area contributed by atoms with Crippen LogP contribution in [0, 0.1) is 0 Å². The summed E-state index contributed by atoms with van der Waals surface area (Å²) in [6, 6.07) is 0. The highest BCUT2D eigenvalue weighted by Gasteiger charge is 2.03. The Kier molecular flexibility index (Phi) is 8.25. The van der Waals surface area contributed by atoms with Crippen LogP contribution >= 0.6 is 0 Å². The van der Waals surface area contributed by atoms with Crippen molar-refractivity contribution >= 4 is 5.95 Å². The molecule has 0 aliphatic heterocycles. The molecule has 19 heavy (non-hydrogen) atoms. The molecule has 0 atom stereocenters. The molecule has 0 aliphatic carbocycles. The zero-order valence-corrected chi connectivity index (χ0v) is 12.6. The molecule has 0 spiro atoms. The van der Waals surface area contributed by atoms with Crippen molar-refractivity contribution in [2.45, 2.75) is 33.7 Å². The van der Waals surface area contributed by atoms with Crippen molar-refractivity contribution in [3.05, 3.63) is 12.4 Å². The second-order valence-electron chi connectivity index (χ2n) is 4.45. The molecular weight excluding hydrogens is 240 g/mol. The number of rotatable bonds is 11. The van der Waals surface area contributed by atoms with Crippen LogP contribution in [0.15, 0.2) is 12.4 Å². The van der Waals surface area contributed by atoms with E-state index in [1.165, 1.54) is 0 Å². The Bertz CT molecular complexity index is 323. The van der Waals surface area contributed by atoms with Gasteiger partial charge in [-0.15, -0.1) is 0 Å². The first-order chi connectivity index (χ1) is 9.31. The van der Waals surface area contributed by atoms with Gasteiger partial charge in [0.05, 0.1) is 0 Å². The molecule has 0 bridgehead atoms. The monoisotopic (exact) mass is 268 g/mol. The number of anilines is 1. The van der Waals surface area contributed by atoms with E-state index in [1.807, 2.05) is 19.3 Å². The molecule has 0 radical (unpaired) electrons. The fourth-order valence-corrected chi connectivity index (χ4v) is 2.00. The normalized spacial score (nSPS) is 11.2. The van der Waals surface area contributed by atoms with Gasteiger partial charge in [-0.05, 0) is 26.4 Å². The van der Waals surface area contributed by atoms with Crippen molar-refractivity contribution in [1.29, 1.82) is 0 Å². The summed E-state index contributed by atoms with van der Waals surface area (Å²) in [5, 5.41) is 3.40. The van der Waals surface area contributed by atoms with Crippen molar-refractivity contribution in [2.24, 2.45) is 0 Å². The van der Waals surface area contributed by atoms with Crippen molar-refractivity contribution in [3.63, 3.8) is 0 Å². The summed E-state index contributed by atoms with van der Waals surface area (Å²) in [6.07, 6.45) is 4.89. The molecule has 0 amide bonds. The van der Waals surface area contributed by atoms with Crippen molar-refractivity contribution < 1.29 is 4.74 Å². The largest absolute Gasteiger partial charge is 0.382 e. The molecule has 5 heteroatoms. The maximum Gasteiger partial charge on any atom is 0.202 e. The maximum absolute atomic E-state index is 5.35. The van der Waals surface area contributed by atoms with Gasteiger partial charge in [-0.25, -0.2) is 4.98 Å². The lowest BCUT2D eigenvalue weighted by Crippen LogP contribution is -2.29. The zero-order valence-electron chi connectivity index (χ0n) is 12.6. The number of aromatic nitrogens is 2. The molecule has 5 nitrogen and oxygen atoms in total. The molecule has 0 fully saturated rings. The van der Waals surface area contributed by atoms with Crippen LogP contribution in [0.25, 0.3) is 0 Å². The Balaban J connectivity index is 2.28. The zero-order chi connectivity index (χ0) is 13.9. The molecule has 0 saturated carbocycles. The Morgan fingerprint density at radius 3 is 2.79 bits per heavy atom. The summed E-state index contributed by atoms with van der Waals surface area (Å²) in [5.41, 5.74) is 0. The first-order valence-electron chi connectivity index (χ1n) is 7.36. The third-order valence-electron chi connectivity index (χ3n) is 3.21. The second kappa shape index (κ2) is 9.81. The number of imidazole rings is 1. The van der Waals surface area contributed by atoms with Crippen LogP contribution in [-0.4, -0.2) is 53.8 Å². The third kappa shape index (κ3) is 6.07. The van der Waals surface area contributed by atoms with Gasteiger partial charge in [0.15, 0.2) is 0 Å². The number of hydrogen-bond acceptors (Lipinski definition) is 4. The molecule has 110 valence electrons. The first-order valence-corrected chi connectivity index (χ1v) is 7.36. The Morgan fingerprint density at radius 2 is 2.11 bits per heavy atom. The van der Waals surface area contributed by atoms with Crippen LogP contribution in [0.1, 0.15) is 27.2 Å². The van der Waals surface area contributed by atoms with Gasteiger partial charge in [-0.2, -0.15) is 0 Å². The fraction of sp³-hybridized carbons (Fsp3) is 0.786. The highest BCUT2D eigenvalue weighted by molar-refractivity contribution is 5.25. The van der Waals surface area contributed by atoms with Crippen LogP contribution in [0.2, 0.25) is 0 Å². The minimum Gasteiger partial charge on any atom is -0.382 e. The van der Waals surface area contributed by atoms with Gasteiger partial charge in [0.25, 0.3) is 0 Å². The lowest BCUT2D eigenvalue weighted by Gasteiger charge is -2.18. The third-order valence-corrected chi connectivity index (χ3v) is 3.21. The number of hydrogen-bond donors (Lipinski definition) is 1. The van der Waals surface area contributed by atoms with E-state index < -0.39 is 0 Å². The van der Waals surface area contributed by atoms with Gasteiger partial charge in [0.1, 0.15) is 0 Å². The van der Waals surface area contributed by atoms with E-state index >= 15 is 0 Å². The highest BCUT2D eigenvalue weighted by Crippen LogP contribution is 2.05. The molecule has 1 aromatic heterocycles. The summed E-state index contributed by atoms with van der Waals surface area (Å²) < 4.78 is 7.51. The van der Waals surface area contributed by atoms with Crippen LogP contribution < -0.4 is 5.32 Å². The summed E-state index contributed by atoms with van der Waals surface area (Å²) >= 11 is 0. The van der Waals surface area contributed by atoms with Gasteiger partial charge in [-0.3, -0.25) is 0 Å². The van der Waals surface area contributed by atoms with E-state index in [4.69, 9.17) is 4.74 Å². The molecule has 1 rings (SSSR count). The van der Waals surface area contributed by atoms with Crippen molar-refractivity contribution in [2.75, 3.05) is 44.7 Å². The molecule has 0 aromatic carbocycles. The van der Waals surface area contributed by atoms with Crippen molar-refractivity contribution in [3.8, 4) is 0 Å². The maximum atomic E-state index is 5.35. The Labute approximate surface area is 117 Å². The van der Waals surface area contributed by atoms with Gasteiger partial charge in [-0.1, -0.05) is 13.8 Å². The molecule has 1 aromatic rings. The second-order valence-corrected chi connectivity index (χ2v) is 4.45. The van der Waals surface area contributed by atoms with E-state index in [-0.39, 0.29) is 0 Å². The topological polar surface area (TPSA) is 42.3 Å². The molecule has 0 unspecified atom stereocenters. The van der Waals surface area contributed by atoms with Crippen molar-refractivity contribution in [1.82, 2.24) is 14.5 Å². The Morgan fingerprint density at radius 1 is 1.32 bits per heavy atom. The van der Waals surface area contributed by atoms with E-state index in [2.05, 4.69) is 33.6 Å². The summed E-state index contributed by atoms with van der Waals surface area (Å²) in [7, 11) is 0. The lowest BCUT2D eigenvalue weighted by atomic mass is 10.4. The van der Waals surface area contributed by atoms with Gasteiger partial charge >= 0.3 is 0 Å². The summed E-state index contributed by atoms with van der Waals surface area (Å²) in [4.78, 5) is 6.75. The van der Waals surface area contributed by atoms with Crippen LogP contribution in [-0.2, 0) is 11.3 Å². The number of nitrogens with zero attached hydrogens (tertiary/aromatic N) is 3. The van der Waals surface area contributed by atoms with E-state index in [9.17, 15) is 0 Å². The molecule has 1 N–H and O–H groups in total. The summed E-state index contributed by atoms with van der Waals surface area (Å²) in [5.74, 6) is 0.962. The fourth-order valence-electron chi connectivity index (χ4n) is 2.00. The number of ether oxygens (including phenoxy) is 1. The minimum absolute atomic E-state index is 0.791. The van der Waals surface area contributed by atoms with Gasteiger partial charge in [0, 0.05) is 45.2 Å². The minimum atomic E-state index is 0.791. The van der Waals surface area contributed by atoms with E-state index in [1.54, 1.807) is 0 Å². The molecule has 1 heterocycles. The number of aryl methyl sites for hydroxylation is 1. The van der Waals surface area contributed by atoms with Gasteiger partial charge in [0.2, 0.25) is 5.95 Å². The van der Waals surface area contributed by atoms with E-state index in [0.29, 0.717) is 0 Å². The predicted molar refractivity (Wildman–Crippen MR) is 79.6 cm³/mol. The predicted octanol–water partition coefficient (Wildman–Crippen LogP) is 2.06. The lowest BCUT2D eigenvalue weighted by molar-refractivity contribution is 0.142. The average molecular weight is 268 g/mol. The van der Waals surface area contributed by atoms with Crippen LogP contribution in [0.4, 0.5) is 5.95 Å². The number of likely N-dealkylation sites (N-methyl/N-ethyl adjacent to an activating group) is 1. The highest BCUT2D eigenvalue weighted by atomic mass is 16.5. The number of nitrogens with one attached hydrogen (secondary N) is 1. The standard InChI is InChI=1S/C14H28N4O/c1-4-17(5-2)11-8-15-14-16-9-12-18(14)10-7-13-19-6-3/h9,12H,4-8,10-11,13H2,1-3H3,(H,15,16). The van der Waals surface area contributed by atoms with E-state index in [0.717, 1.165) is 58.3 Å². The Hall–Kier alpha value is -1.07.